The van der Waals surface area contributed by atoms with Crippen LogP contribution in [0.25, 0.3) is 0 Å². The van der Waals surface area contributed by atoms with Crippen molar-refractivity contribution in [3.63, 3.8) is 0 Å². The molecule has 2 N–H and O–H groups in total. The van der Waals surface area contributed by atoms with Crippen molar-refractivity contribution in [2.45, 2.75) is 32.9 Å². The first-order chi connectivity index (χ1) is 14.6. The van der Waals surface area contributed by atoms with E-state index in [0.29, 0.717) is 23.5 Å². The Morgan fingerprint density at radius 2 is 1.53 bits per heavy atom. The molecule has 5 heteroatoms. The van der Waals surface area contributed by atoms with Gasteiger partial charge in [0, 0.05) is 6.54 Å². The van der Waals surface area contributed by atoms with Crippen molar-refractivity contribution in [1.82, 2.24) is 5.32 Å². The van der Waals surface area contributed by atoms with Gasteiger partial charge in [0.15, 0.2) is 6.10 Å². The zero-order valence-corrected chi connectivity index (χ0v) is 17.2. The molecule has 0 aromatic heterocycles. The Morgan fingerprint density at radius 3 is 2.23 bits per heavy atom. The number of aryl methyl sites for hydroxylation is 1. The zero-order valence-electron chi connectivity index (χ0n) is 17.2. The smallest absolute Gasteiger partial charge is 0.265 e. The van der Waals surface area contributed by atoms with Crippen LogP contribution in [0.5, 0.6) is 5.75 Å². The van der Waals surface area contributed by atoms with Gasteiger partial charge in [0.05, 0.1) is 11.3 Å². The summed E-state index contributed by atoms with van der Waals surface area (Å²) in [4.78, 5) is 25.3. The Morgan fingerprint density at radius 1 is 0.867 bits per heavy atom. The number of carbonyl (C=O) groups excluding carboxylic acids is 2. The van der Waals surface area contributed by atoms with E-state index in [9.17, 15) is 9.59 Å². The molecule has 0 aliphatic carbocycles. The van der Waals surface area contributed by atoms with Crippen molar-refractivity contribution in [3.8, 4) is 5.75 Å². The van der Waals surface area contributed by atoms with Crippen LogP contribution in [0.2, 0.25) is 0 Å². The van der Waals surface area contributed by atoms with Gasteiger partial charge in [-0.05, 0) is 48.7 Å². The average molecular weight is 402 g/mol. The van der Waals surface area contributed by atoms with Crippen molar-refractivity contribution in [2.24, 2.45) is 0 Å². The third-order valence-electron chi connectivity index (χ3n) is 4.74. The molecule has 30 heavy (non-hydrogen) atoms. The molecule has 0 unspecified atom stereocenters. The van der Waals surface area contributed by atoms with Crippen LogP contribution in [0.15, 0.2) is 78.9 Å². The van der Waals surface area contributed by atoms with Crippen LogP contribution in [0.1, 0.15) is 35.3 Å². The number of hydrogen-bond donors (Lipinski definition) is 2. The maximum absolute atomic E-state index is 12.6. The Kier molecular flexibility index (Phi) is 7.22. The van der Waals surface area contributed by atoms with E-state index in [0.717, 1.165) is 12.0 Å². The normalized spacial score (nSPS) is 11.4. The monoisotopic (exact) mass is 402 g/mol. The minimum Gasteiger partial charge on any atom is -0.481 e. The van der Waals surface area contributed by atoms with E-state index >= 15 is 0 Å². The highest BCUT2D eigenvalue weighted by molar-refractivity contribution is 6.04. The molecule has 2 amide bonds. The first-order valence-electron chi connectivity index (χ1n) is 10.0. The van der Waals surface area contributed by atoms with Crippen LogP contribution in [0.3, 0.4) is 0 Å². The van der Waals surface area contributed by atoms with Crippen LogP contribution in [-0.4, -0.2) is 17.9 Å². The number of benzene rings is 3. The second kappa shape index (κ2) is 10.3. The molecular formula is C25H26N2O3. The molecule has 0 saturated carbocycles. The Balaban J connectivity index is 1.62. The molecule has 0 heterocycles. The van der Waals surface area contributed by atoms with E-state index in [4.69, 9.17) is 4.74 Å². The highest BCUT2D eigenvalue weighted by Crippen LogP contribution is 2.18. The maximum atomic E-state index is 12.6. The summed E-state index contributed by atoms with van der Waals surface area (Å²) in [7, 11) is 0. The van der Waals surface area contributed by atoms with Crippen LogP contribution < -0.4 is 15.4 Å². The van der Waals surface area contributed by atoms with Gasteiger partial charge in [0.1, 0.15) is 5.75 Å². The Hall–Kier alpha value is -3.60. The largest absolute Gasteiger partial charge is 0.481 e. The summed E-state index contributed by atoms with van der Waals surface area (Å²) < 4.78 is 5.74. The van der Waals surface area contributed by atoms with Gasteiger partial charge in [0.2, 0.25) is 0 Å². The molecule has 0 radical (unpaired) electrons. The fourth-order valence-corrected chi connectivity index (χ4v) is 2.96. The van der Waals surface area contributed by atoms with Crippen molar-refractivity contribution >= 4 is 17.5 Å². The van der Waals surface area contributed by atoms with Gasteiger partial charge in [-0.1, -0.05) is 61.5 Å². The molecule has 0 bridgehead atoms. The van der Waals surface area contributed by atoms with Crippen LogP contribution in [0, 0.1) is 0 Å². The molecule has 0 fully saturated rings. The molecular weight excluding hydrogens is 376 g/mol. The molecule has 1 atom stereocenters. The Bertz CT molecular complexity index is 985. The summed E-state index contributed by atoms with van der Waals surface area (Å²) in [5, 5.41) is 5.69. The van der Waals surface area contributed by atoms with Gasteiger partial charge in [-0.2, -0.15) is 0 Å². The molecule has 3 aromatic carbocycles. The topological polar surface area (TPSA) is 67.4 Å². The zero-order chi connectivity index (χ0) is 21.3. The summed E-state index contributed by atoms with van der Waals surface area (Å²) >= 11 is 0. The minimum absolute atomic E-state index is 0.251. The molecule has 0 aliphatic rings. The number of carbonyl (C=O) groups is 2. The lowest BCUT2D eigenvalue weighted by atomic mass is 10.1. The summed E-state index contributed by atoms with van der Waals surface area (Å²) in [5.41, 5.74) is 3.06. The van der Waals surface area contributed by atoms with Crippen LogP contribution in [-0.2, 0) is 17.8 Å². The number of nitrogens with one attached hydrogen (secondary N) is 2. The fraction of sp³-hybridized carbons (Fsp3) is 0.200. The molecule has 0 saturated heterocycles. The van der Waals surface area contributed by atoms with E-state index in [2.05, 4.69) is 17.6 Å². The number of amides is 2. The maximum Gasteiger partial charge on any atom is 0.265 e. The number of anilines is 1. The fourth-order valence-electron chi connectivity index (χ4n) is 2.96. The molecule has 3 aromatic rings. The van der Waals surface area contributed by atoms with E-state index in [1.807, 2.05) is 54.6 Å². The second-order valence-electron chi connectivity index (χ2n) is 6.96. The van der Waals surface area contributed by atoms with Crippen LogP contribution in [0.4, 0.5) is 5.69 Å². The predicted molar refractivity (Wildman–Crippen MR) is 119 cm³/mol. The highest BCUT2D eigenvalue weighted by Gasteiger charge is 2.18. The SMILES string of the molecule is CCc1ccc(O[C@H](C)C(=O)Nc2ccccc2C(=O)NCc2ccccc2)cc1. The van der Waals surface area contributed by atoms with E-state index in [-0.39, 0.29) is 11.8 Å². The summed E-state index contributed by atoms with van der Waals surface area (Å²) in [6.45, 7) is 4.18. The minimum atomic E-state index is -0.710. The quantitative estimate of drug-likeness (QED) is 0.579. The number of para-hydroxylation sites is 1. The molecule has 5 nitrogen and oxygen atoms in total. The predicted octanol–water partition coefficient (Wildman–Crippen LogP) is 4.59. The first-order valence-corrected chi connectivity index (χ1v) is 10.0. The van der Waals surface area contributed by atoms with Crippen molar-refractivity contribution < 1.29 is 14.3 Å². The van der Waals surface area contributed by atoms with Gasteiger partial charge < -0.3 is 15.4 Å². The van der Waals surface area contributed by atoms with Gasteiger partial charge in [0.25, 0.3) is 11.8 Å². The lowest BCUT2D eigenvalue weighted by Crippen LogP contribution is -2.31. The lowest BCUT2D eigenvalue weighted by molar-refractivity contribution is -0.122. The van der Waals surface area contributed by atoms with E-state index in [1.165, 1.54) is 5.56 Å². The Labute approximate surface area is 177 Å². The van der Waals surface area contributed by atoms with Crippen molar-refractivity contribution in [2.75, 3.05) is 5.32 Å². The van der Waals surface area contributed by atoms with Gasteiger partial charge in [-0.25, -0.2) is 0 Å². The highest BCUT2D eigenvalue weighted by atomic mass is 16.5. The first kappa shape index (κ1) is 21.1. The van der Waals surface area contributed by atoms with Gasteiger partial charge in [-0.3, -0.25) is 9.59 Å². The standard InChI is InChI=1S/C25H26N2O3/c1-3-19-13-15-21(16-14-19)30-18(2)24(28)27-23-12-8-7-11-22(23)25(29)26-17-20-9-5-4-6-10-20/h4-16,18H,3,17H2,1-2H3,(H,26,29)(H,27,28)/t18-/m1/s1. The number of hydrogen-bond acceptors (Lipinski definition) is 3. The summed E-state index contributed by atoms with van der Waals surface area (Å²) in [5.74, 6) is 0.0556. The summed E-state index contributed by atoms with van der Waals surface area (Å²) in [6.07, 6.45) is 0.234. The van der Waals surface area contributed by atoms with E-state index < -0.39 is 6.10 Å². The third-order valence-corrected chi connectivity index (χ3v) is 4.74. The lowest BCUT2D eigenvalue weighted by Gasteiger charge is -2.16. The van der Waals surface area contributed by atoms with Crippen molar-refractivity contribution in [1.29, 1.82) is 0 Å². The second-order valence-corrected chi connectivity index (χ2v) is 6.96. The van der Waals surface area contributed by atoms with Crippen LogP contribution >= 0.6 is 0 Å². The van der Waals surface area contributed by atoms with E-state index in [1.54, 1.807) is 31.2 Å². The van der Waals surface area contributed by atoms with Crippen molar-refractivity contribution in [3.05, 3.63) is 95.6 Å². The average Bonchev–Trinajstić information content (AvgIpc) is 2.79. The molecule has 0 aliphatic heterocycles. The number of rotatable bonds is 8. The number of ether oxygens (including phenoxy) is 1. The molecule has 154 valence electrons. The van der Waals surface area contributed by atoms with Gasteiger partial charge in [-0.15, -0.1) is 0 Å². The molecule has 0 spiro atoms. The third kappa shape index (κ3) is 5.70. The molecule has 3 rings (SSSR count). The summed E-state index contributed by atoms with van der Waals surface area (Å²) in [6, 6.07) is 24.3. The van der Waals surface area contributed by atoms with Gasteiger partial charge >= 0.3 is 0 Å².